The average Bonchev–Trinajstić information content (AvgIpc) is 2.81. The van der Waals surface area contributed by atoms with Gasteiger partial charge in [-0.3, -0.25) is 4.40 Å². The van der Waals surface area contributed by atoms with E-state index in [1.807, 2.05) is 29.8 Å². The molecule has 20 heavy (non-hydrogen) atoms. The second-order valence-corrected chi connectivity index (χ2v) is 5.51. The molecule has 1 N–H and O–H groups in total. The summed E-state index contributed by atoms with van der Waals surface area (Å²) >= 11 is 9.46. The molecule has 0 saturated heterocycles. The van der Waals surface area contributed by atoms with Gasteiger partial charge in [-0.15, -0.1) is 0 Å². The van der Waals surface area contributed by atoms with Crippen LogP contribution in [0.2, 0.25) is 5.15 Å². The van der Waals surface area contributed by atoms with Gasteiger partial charge in [0, 0.05) is 12.4 Å². The predicted molar refractivity (Wildman–Crippen MR) is 82.0 cm³/mol. The van der Waals surface area contributed by atoms with Crippen LogP contribution in [0.4, 0.5) is 5.69 Å². The topological polar surface area (TPSA) is 55.1 Å². The first-order valence-corrected chi connectivity index (χ1v) is 7.14. The number of aryl methyl sites for hydroxylation is 1. The maximum Gasteiger partial charge on any atom is 0.155 e. The van der Waals surface area contributed by atoms with Gasteiger partial charge < -0.3 is 5.32 Å². The molecule has 0 bridgehead atoms. The van der Waals surface area contributed by atoms with Crippen LogP contribution in [-0.2, 0) is 6.54 Å². The molecule has 5 nitrogen and oxygen atoms in total. The number of hydrogen-bond donors (Lipinski definition) is 1. The molecular weight excluding hydrogens is 342 g/mol. The Bertz CT molecular complexity index is 750. The number of pyridine rings is 1. The van der Waals surface area contributed by atoms with Crippen LogP contribution in [0.1, 0.15) is 11.3 Å². The summed E-state index contributed by atoms with van der Waals surface area (Å²) in [5.74, 6) is 0. The van der Waals surface area contributed by atoms with Gasteiger partial charge in [0.1, 0.15) is 4.60 Å². The van der Waals surface area contributed by atoms with E-state index in [2.05, 4.69) is 36.2 Å². The Morgan fingerprint density at radius 2 is 2.15 bits per heavy atom. The van der Waals surface area contributed by atoms with Crippen LogP contribution in [0, 0.1) is 6.92 Å². The molecule has 0 unspecified atom stereocenters. The Balaban J connectivity index is 1.89. The number of imidazole rings is 1. The van der Waals surface area contributed by atoms with E-state index in [4.69, 9.17) is 11.6 Å². The van der Waals surface area contributed by atoms with Crippen molar-refractivity contribution in [2.24, 2.45) is 0 Å². The second-order valence-electron chi connectivity index (χ2n) is 4.33. The van der Waals surface area contributed by atoms with Crippen molar-refractivity contribution in [3.63, 3.8) is 0 Å². The van der Waals surface area contributed by atoms with E-state index in [9.17, 15) is 0 Å². The molecule has 0 saturated carbocycles. The average molecular weight is 353 g/mol. The van der Waals surface area contributed by atoms with Gasteiger partial charge in [0.15, 0.2) is 10.8 Å². The minimum absolute atomic E-state index is 0.474. The standard InChI is InChI=1S/C13H11BrClN5/c1-8-2-3-16-13(15)12(8)19-5-9-4-18-11-6-17-10(14)7-20(9)11/h2-4,6-7,19H,5H2,1H3. The normalized spacial score (nSPS) is 10.9. The van der Waals surface area contributed by atoms with Crippen LogP contribution >= 0.6 is 27.5 Å². The van der Waals surface area contributed by atoms with E-state index in [1.54, 1.807) is 12.4 Å². The molecule has 0 aromatic carbocycles. The molecule has 3 rings (SSSR count). The molecule has 3 heterocycles. The van der Waals surface area contributed by atoms with Gasteiger partial charge in [0.25, 0.3) is 0 Å². The number of aromatic nitrogens is 4. The van der Waals surface area contributed by atoms with Crippen molar-refractivity contribution in [2.75, 3.05) is 5.32 Å². The van der Waals surface area contributed by atoms with Crippen molar-refractivity contribution >= 4 is 38.9 Å². The molecule has 0 aliphatic heterocycles. The first-order valence-electron chi connectivity index (χ1n) is 5.97. The smallest absolute Gasteiger partial charge is 0.155 e. The Kier molecular flexibility index (Phi) is 3.58. The Morgan fingerprint density at radius 1 is 1.30 bits per heavy atom. The van der Waals surface area contributed by atoms with Gasteiger partial charge in [0.2, 0.25) is 0 Å². The van der Waals surface area contributed by atoms with Crippen molar-refractivity contribution < 1.29 is 0 Å². The highest BCUT2D eigenvalue weighted by Gasteiger charge is 2.07. The summed E-state index contributed by atoms with van der Waals surface area (Å²) in [6.07, 6.45) is 7.11. The largest absolute Gasteiger partial charge is 0.377 e. The molecule has 0 fully saturated rings. The fraction of sp³-hybridized carbons (Fsp3) is 0.154. The van der Waals surface area contributed by atoms with Crippen LogP contribution in [0.15, 0.2) is 35.5 Å². The Hall–Kier alpha value is -1.66. The van der Waals surface area contributed by atoms with Gasteiger partial charge in [-0.05, 0) is 34.5 Å². The molecule has 0 amide bonds. The third-order valence-corrected chi connectivity index (χ3v) is 3.70. The highest BCUT2D eigenvalue weighted by molar-refractivity contribution is 9.10. The maximum atomic E-state index is 6.10. The third kappa shape index (κ3) is 2.48. The van der Waals surface area contributed by atoms with Crippen LogP contribution in [0.3, 0.4) is 0 Å². The molecular formula is C13H11BrClN5. The zero-order valence-corrected chi connectivity index (χ0v) is 13.0. The number of rotatable bonds is 3. The predicted octanol–water partition coefficient (Wildman–Crippen LogP) is 3.46. The molecule has 0 spiro atoms. The van der Waals surface area contributed by atoms with Crippen LogP contribution in [-0.4, -0.2) is 19.4 Å². The third-order valence-electron chi connectivity index (χ3n) is 3.00. The van der Waals surface area contributed by atoms with Crippen LogP contribution in [0.25, 0.3) is 5.65 Å². The Labute approximate surface area is 129 Å². The summed E-state index contributed by atoms with van der Waals surface area (Å²) in [6.45, 7) is 2.59. The Morgan fingerprint density at radius 3 is 2.95 bits per heavy atom. The number of halogens is 2. The number of hydrogen-bond acceptors (Lipinski definition) is 4. The molecule has 3 aromatic heterocycles. The minimum Gasteiger partial charge on any atom is -0.377 e. The molecule has 102 valence electrons. The molecule has 3 aromatic rings. The summed E-state index contributed by atoms with van der Waals surface area (Å²) < 4.78 is 2.74. The van der Waals surface area contributed by atoms with Gasteiger partial charge in [-0.2, -0.15) is 0 Å². The first kappa shape index (κ1) is 13.3. The highest BCUT2D eigenvalue weighted by atomic mass is 79.9. The second kappa shape index (κ2) is 5.38. The van der Waals surface area contributed by atoms with E-state index in [-0.39, 0.29) is 0 Å². The summed E-state index contributed by atoms with van der Waals surface area (Å²) in [5.41, 5.74) is 3.72. The summed E-state index contributed by atoms with van der Waals surface area (Å²) in [7, 11) is 0. The zero-order chi connectivity index (χ0) is 14.1. The highest BCUT2D eigenvalue weighted by Crippen LogP contribution is 2.23. The van der Waals surface area contributed by atoms with Gasteiger partial charge >= 0.3 is 0 Å². The number of fused-ring (bicyclic) bond motifs is 1. The maximum absolute atomic E-state index is 6.10. The quantitative estimate of drug-likeness (QED) is 0.733. The van der Waals surface area contributed by atoms with E-state index in [0.717, 1.165) is 27.2 Å². The van der Waals surface area contributed by atoms with Crippen LogP contribution < -0.4 is 5.32 Å². The zero-order valence-electron chi connectivity index (χ0n) is 10.6. The summed E-state index contributed by atoms with van der Waals surface area (Å²) in [4.78, 5) is 12.5. The number of nitrogens with zero attached hydrogens (tertiary/aromatic N) is 4. The SMILES string of the molecule is Cc1ccnc(Cl)c1NCc1cnc2cnc(Br)cn12. The molecule has 0 atom stereocenters. The van der Waals surface area contributed by atoms with Crippen molar-refractivity contribution in [3.05, 3.63) is 51.9 Å². The van der Waals surface area contributed by atoms with Gasteiger partial charge in [0.05, 0.1) is 30.3 Å². The number of anilines is 1. The number of nitrogens with one attached hydrogen (secondary N) is 1. The van der Waals surface area contributed by atoms with Crippen LogP contribution in [0.5, 0.6) is 0 Å². The van der Waals surface area contributed by atoms with Gasteiger partial charge in [-0.25, -0.2) is 15.0 Å². The van der Waals surface area contributed by atoms with Crippen molar-refractivity contribution in [1.29, 1.82) is 0 Å². The van der Waals surface area contributed by atoms with Crippen molar-refractivity contribution in [3.8, 4) is 0 Å². The van der Waals surface area contributed by atoms with Crippen molar-refractivity contribution in [1.82, 2.24) is 19.4 Å². The molecule has 0 aliphatic carbocycles. The lowest BCUT2D eigenvalue weighted by atomic mass is 10.2. The molecule has 0 aliphatic rings. The van der Waals surface area contributed by atoms with E-state index in [1.165, 1.54) is 0 Å². The lowest BCUT2D eigenvalue weighted by Gasteiger charge is -2.10. The van der Waals surface area contributed by atoms with E-state index in [0.29, 0.717) is 11.7 Å². The lowest BCUT2D eigenvalue weighted by Crippen LogP contribution is -2.05. The fourth-order valence-corrected chi connectivity index (χ4v) is 2.54. The summed E-state index contributed by atoms with van der Waals surface area (Å²) in [5, 5.41) is 3.78. The van der Waals surface area contributed by atoms with Gasteiger partial charge in [-0.1, -0.05) is 11.6 Å². The minimum atomic E-state index is 0.474. The van der Waals surface area contributed by atoms with Crippen molar-refractivity contribution in [2.45, 2.75) is 13.5 Å². The summed E-state index contributed by atoms with van der Waals surface area (Å²) in [6, 6.07) is 1.92. The fourth-order valence-electron chi connectivity index (χ4n) is 1.96. The molecule has 7 heteroatoms. The van der Waals surface area contributed by atoms with E-state index >= 15 is 0 Å². The van der Waals surface area contributed by atoms with E-state index < -0.39 is 0 Å². The first-order chi connectivity index (χ1) is 9.65. The monoisotopic (exact) mass is 351 g/mol. The lowest BCUT2D eigenvalue weighted by molar-refractivity contribution is 0.980. The molecule has 0 radical (unpaired) electrons.